The first kappa shape index (κ1) is 8.43. The molecule has 0 fully saturated rings. The van der Waals surface area contributed by atoms with Gasteiger partial charge in [0.25, 0.3) is 0 Å². The maximum absolute atomic E-state index is 9.89. The molecule has 0 aliphatic carbocycles. The van der Waals surface area contributed by atoms with Crippen molar-refractivity contribution in [1.29, 1.82) is 0 Å². The van der Waals surface area contributed by atoms with Crippen LogP contribution in [0.3, 0.4) is 0 Å². The summed E-state index contributed by atoms with van der Waals surface area (Å²) in [6.07, 6.45) is 2.60. The summed E-state index contributed by atoms with van der Waals surface area (Å²) in [5.41, 5.74) is 0.873. The second kappa shape index (κ2) is 4.32. The van der Waals surface area contributed by atoms with E-state index in [2.05, 4.69) is 15.9 Å². The molecule has 3 heteroatoms. The van der Waals surface area contributed by atoms with Gasteiger partial charge in [-0.2, -0.15) is 0 Å². The van der Waals surface area contributed by atoms with E-state index < -0.39 is 5.97 Å². The average molecular weight is 191 g/mol. The summed E-state index contributed by atoms with van der Waals surface area (Å²) in [4.78, 5) is 11.5. The van der Waals surface area contributed by atoms with Crippen molar-refractivity contribution in [3.8, 4) is 0 Å². The molecule has 2 nitrogen and oxygen atoms in total. The van der Waals surface area contributed by atoms with Gasteiger partial charge in [0.1, 0.15) is 0 Å². The van der Waals surface area contributed by atoms with E-state index in [9.17, 15) is 4.79 Å². The summed E-state index contributed by atoms with van der Waals surface area (Å²) >= 11 is 3.06. The molecule has 50 valence electrons. The van der Waals surface area contributed by atoms with E-state index in [-0.39, 0.29) is 0 Å². The highest BCUT2D eigenvalue weighted by molar-refractivity contribution is 9.11. The molecule has 0 rings (SSSR count). The summed E-state index contributed by atoms with van der Waals surface area (Å²) in [5, 5.41) is 8.13. The minimum Gasteiger partial charge on any atom is -0.478 e. The molecule has 9 heavy (non-hydrogen) atoms. The molecule has 1 N–H and O–H groups in total. The Balaban J connectivity index is 3.86. The number of allylic oxidation sites excluding steroid dienone is 2. The summed E-state index contributed by atoms with van der Waals surface area (Å²) in [5.74, 6) is -0.927. The van der Waals surface area contributed by atoms with Gasteiger partial charge >= 0.3 is 5.97 Å². The SMILES string of the molecule is CC(/C=C/C(=O)O)=C\Br. The molecule has 0 unspecified atom stereocenters. The van der Waals surface area contributed by atoms with Crippen molar-refractivity contribution in [2.24, 2.45) is 0 Å². The van der Waals surface area contributed by atoms with Crippen LogP contribution in [0.4, 0.5) is 0 Å². The number of aliphatic carboxylic acids is 1. The van der Waals surface area contributed by atoms with Crippen LogP contribution in [0.2, 0.25) is 0 Å². The maximum atomic E-state index is 9.89. The number of carboxylic acids is 1. The average Bonchev–Trinajstić information content (AvgIpc) is 1.83. The third-order valence-corrected chi connectivity index (χ3v) is 1.38. The van der Waals surface area contributed by atoms with E-state index in [4.69, 9.17) is 5.11 Å². The zero-order valence-electron chi connectivity index (χ0n) is 4.97. The van der Waals surface area contributed by atoms with Gasteiger partial charge in [0.15, 0.2) is 0 Å². The molecule has 0 aromatic rings. The molecule has 0 bridgehead atoms. The number of carbonyl (C=O) groups is 1. The lowest BCUT2D eigenvalue weighted by atomic mass is 10.3. The van der Waals surface area contributed by atoms with Crippen LogP contribution in [0.15, 0.2) is 22.7 Å². The highest BCUT2D eigenvalue weighted by atomic mass is 79.9. The Kier molecular flexibility index (Phi) is 4.05. The number of carboxylic acid groups (broad SMARTS) is 1. The fraction of sp³-hybridized carbons (Fsp3) is 0.167. The van der Waals surface area contributed by atoms with Gasteiger partial charge < -0.3 is 5.11 Å². The van der Waals surface area contributed by atoms with Crippen molar-refractivity contribution in [2.75, 3.05) is 0 Å². The molecule has 0 saturated carbocycles. The van der Waals surface area contributed by atoms with Crippen LogP contribution in [0.1, 0.15) is 6.92 Å². The van der Waals surface area contributed by atoms with Crippen molar-refractivity contribution in [1.82, 2.24) is 0 Å². The van der Waals surface area contributed by atoms with Gasteiger partial charge in [-0.05, 0) is 17.5 Å². The second-order valence-electron chi connectivity index (χ2n) is 1.52. The highest BCUT2D eigenvalue weighted by Gasteiger charge is 1.83. The van der Waals surface area contributed by atoms with E-state index in [0.717, 1.165) is 11.6 Å². The zero-order chi connectivity index (χ0) is 7.28. The Morgan fingerprint density at radius 2 is 2.11 bits per heavy atom. The van der Waals surface area contributed by atoms with E-state index in [0.29, 0.717) is 0 Å². The normalized spacial score (nSPS) is 12.4. The van der Waals surface area contributed by atoms with Crippen molar-refractivity contribution < 1.29 is 9.90 Å². The van der Waals surface area contributed by atoms with Crippen LogP contribution in [0, 0.1) is 0 Å². The highest BCUT2D eigenvalue weighted by Crippen LogP contribution is 1.97. The third kappa shape index (κ3) is 5.30. The number of hydrogen-bond acceptors (Lipinski definition) is 1. The maximum Gasteiger partial charge on any atom is 0.328 e. The topological polar surface area (TPSA) is 37.3 Å². The summed E-state index contributed by atoms with van der Waals surface area (Å²) in [6.45, 7) is 1.80. The van der Waals surface area contributed by atoms with Crippen LogP contribution < -0.4 is 0 Å². The Labute approximate surface area is 62.0 Å². The Morgan fingerprint density at radius 3 is 2.44 bits per heavy atom. The Morgan fingerprint density at radius 1 is 1.56 bits per heavy atom. The molecule has 0 atom stereocenters. The second-order valence-corrected chi connectivity index (χ2v) is 1.98. The molecule has 0 aromatic heterocycles. The van der Waals surface area contributed by atoms with Crippen LogP contribution in [0.25, 0.3) is 0 Å². The molecule has 0 aromatic carbocycles. The first-order valence-corrected chi connectivity index (χ1v) is 3.26. The van der Waals surface area contributed by atoms with Gasteiger partial charge in [-0.3, -0.25) is 0 Å². The minimum absolute atomic E-state index is 0.873. The number of rotatable bonds is 2. The molecule has 0 amide bonds. The van der Waals surface area contributed by atoms with E-state index in [1.807, 2.05) is 0 Å². The lowest BCUT2D eigenvalue weighted by Gasteiger charge is -1.82. The first-order valence-electron chi connectivity index (χ1n) is 2.35. The lowest BCUT2D eigenvalue weighted by molar-refractivity contribution is -0.131. The molecule has 0 aliphatic heterocycles. The van der Waals surface area contributed by atoms with Gasteiger partial charge in [0.2, 0.25) is 0 Å². The standard InChI is InChI=1S/C6H7BrO2/c1-5(4-7)2-3-6(8)9/h2-4H,1H3,(H,8,9)/b3-2+,5-4+. The third-order valence-electron chi connectivity index (χ3n) is 0.661. The van der Waals surface area contributed by atoms with Gasteiger partial charge in [-0.15, -0.1) is 0 Å². The summed E-state index contributed by atoms with van der Waals surface area (Å²) in [6, 6.07) is 0. The molecule has 0 spiro atoms. The smallest absolute Gasteiger partial charge is 0.328 e. The lowest BCUT2D eigenvalue weighted by Crippen LogP contribution is -1.85. The molecule has 0 aliphatic rings. The quantitative estimate of drug-likeness (QED) is 0.534. The minimum atomic E-state index is -0.927. The zero-order valence-corrected chi connectivity index (χ0v) is 6.55. The van der Waals surface area contributed by atoms with Gasteiger partial charge in [-0.25, -0.2) is 4.79 Å². The predicted octanol–water partition coefficient (Wildman–Crippen LogP) is 1.93. The van der Waals surface area contributed by atoms with E-state index in [1.54, 1.807) is 11.9 Å². The Bertz CT molecular complexity index is 158. The van der Waals surface area contributed by atoms with Crippen LogP contribution in [0.5, 0.6) is 0 Å². The largest absolute Gasteiger partial charge is 0.478 e. The van der Waals surface area contributed by atoms with Crippen molar-refractivity contribution in [3.63, 3.8) is 0 Å². The van der Waals surface area contributed by atoms with Gasteiger partial charge in [0.05, 0.1) is 0 Å². The van der Waals surface area contributed by atoms with E-state index in [1.165, 1.54) is 6.08 Å². The molecule has 0 radical (unpaired) electrons. The monoisotopic (exact) mass is 190 g/mol. The first-order chi connectivity index (χ1) is 4.16. The number of halogens is 1. The Hall–Kier alpha value is -0.570. The molecule has 0 saturated heterocycles. The summed E-state index contributed by atoms with van der Waals surface area (Å²) in [7, 11) is 0. The van der Waals surface area contributed by atoms with Crippen molar-refractivity contribution in [3.05, 3.63) is 22.7 Å². The molecular formula is C6H7BrO2. The molecular weight excluding hydrogens is 184 g/mol. The van der Waals surface area contributed by atoms with Crippen molar-refractivity contribution >= 4 is 21.9 Å². The molecule has 0 heterocycles. The van der Waals surface area contributed by atoms with Crippen LogP contribution in [-0.4, -0.2) is 11.1 Å². The fourth-order valence-electron chi connectivity index (χ4n) is 0.239. The van der Waals surface area contributed by atoms with Gasteiger partial charge in [0, 0.05) is 6.08 Å². The van der Waals surface area contributed by atoms with Crippen LogP contribution in [-0.2, 0) is 4.79 Å². The number of hydrogen-bond donors (Lipinski definition) is 1. The fourth-order valence-corrected chi connectivity index (χ4v) is 0.392. The van der Waals surface area contributed by atoms with Gasteiger partial charge in [-0.1, -0.05) is 22.0 Å². The predicted molar refractivity (Wildman–Crippen MR) is 39.5 cm³/mol. The summed E-state index contributed by atoms with van der Waals surface area (Å²) < 4.78 is 0. The van der Waals surface area contributed by atoms with Crippen molar-refractivity contribution in [2.45, 2.75) is 6.92 Å². The van der Waals surface area contributed by atoms with E-state index >= 15 is 0 Å². The van der Waals surface area contributed by atoms with Crippen LogP contribution >= 0.6 is 15.9 Å².